The highest BCUT2D eigenvalue weighted by molar-refractivity contribution is 5.93. The number of hydrogen-bond acceptors (Lipinski definition) is 3. The summed E-state index contributed by atoms with van der Waals surface area (Å²) in [5.41, 5.74) is 7.45. The number of hydrogen-bond donors (Lipinski definition) is 2. The van der Waals surface area contributed by atoms with Crippen molar-refractivity contribution in [2.24, 2.45) is 11.7 Å². The molecule has 0 bridgehead atoms. The maximum atomic E-state index is 12.1. The van der Waals surface area contributed by atoms with Crippen molar-refractivity contribution in [3.63, 3.8) is 0 Å². The molecule has 0 saturated heterocycles. The van der Waals surface area contributed by atoms with E-state index in [-0.39, 0.29) is 11.8 Å². The zero-order valence-electron chi connectivity index (χ0n) is 11.6. The fourth-order valence-electron chi connectivity index (χ4n) is 2.04. The van der Waals surface area contributed by atoms with E-state index in [0.717, 1.165) is 17.7 Å². The van der Waals surface area contributed by atoms with Crippen molar-refractivity contribution in [3.8, 4) is 0 Å². The van der Waals surface area contributed by atoms with Crippen LogP contribution in [-0.2, 0) is 11.3 Å². The third-order valence-corrected chi connectivity index (χ3v) is 3.31. The molecule has 1 atom stereocenters. The monoisotopic (exact) mass is 272 g/mol. The quantitative estimate of drug-likeness (QED) is 0.843. The number of aromatic nitrogens is 2. The third-order valence-electron chi connectivity index (χ3n) is 3.31. The molecule has 106 valence electrons. The van der Waals surface area contributed by atoms with E-state index in [9.17, 15) is 4.79 Å². The summed E-state index contributed by atoms with van der Waals surface area (Å²) in [4.78, 5) is 12.1. The Kier molecular flexibility index (Phi) is 4.90. The topological polar surface area (TPSA) is 72.9 Å². The minimum Gasteiger partial charge on any atom is -0.330 e. The van der Waals surface area contributed by atoms with E-state index in [1.807, 2.05) is 48.1 Å². The molecule has 0 saturated carbocycles. The fourth-order valence-corrected chi connectivity index (χ4v) is 2.04. The van der Waals surface area contributed by atoms with E-state index in [1.54, 1.807) is 6.20 Å². The molecular weight excluding hydrogens is 252 g/mol. The Hall–Kier alpha value is -2.14. The molecule has 0 fully saturated rings. The van der Waals surface area contributed by atoms with Gasteiger partial charge in [0.05, 0.1) is 12.5 Å². The largest absolute Gasteiger partial charge is 0.330 e. The summed E-state index contributed by atoms with van der Waals surface area (Å²) in [6.07, 6.45) is 4.37. The molecular formula is C15H20N4O. The molecule has 1 unspecified atom stereocenters. The molecule has 3 N–H and O–H groups in total. The Morgan fingerprint density at radius 3 is 2.85 bits per heavy atom. The lowest BCUT2D eigenvalue weighted by Gasteiger charge is -2.15. The molecule has 0 spiro atoms. The van der Waals surface area contributed by atoms with Gasteiger partial charge in [0.1, 0.15) is 0 Å². The number of carbonyl (C=O) groups is 1. The van der Waals surface area contributed by atoms with Gasteiger partial charge in [0.15, 0.2) is 0 Å². The van der Waals surface area contributed by atoms with Gasteiger partial charge in [-0.15, -0.1) is 0 Å². The van der Waals surface area contributed by atoms with Crippen LogP contribution in [0.15, 0.2) is 42.7 Å². The molecule has 5 heteroatoms. The van der Waals surface area contributed by atoms with Gasteiger partial charge in [-0.3, -0.25) is 9.48 Å². The molecule has 1 aromatic carbocycles. The number of nitrogens with two attached hydrogens (primary N) is 1. The first-order valence-electron chi connectivity index (χ1n) is 6.80. The average molecular weight is 272 g/mol. The normalized spacial score (nSPS) is 12.1. The zero-order valence-corrected chi connectivity index (χ0v) is 11.6. The van der Waals surface area contributed by atoms with Gasteiger partial charge in [-0.2, -0.15) is 5.10 Å². The fraction of sp³-hybridized carbons (Fsp3) is 0.333. The molecule has 0 aliphatic heterocycles. The SMILES string of the molecule is CCC(CN)C(=O)Nc1ccccc1Cn1cccn1. The Balaban J connectivity index is 2.13. The zero-order chi connectivity index (χ0) is 14.4. The van der Waals surface area contributed by atoms with Crippen molar-refractivity contribution >= 4 is 11.6 Å². The van der Waals surface area contributed by atoms with Crippen LogP contribution in [0.1, 0.15) is 18.9 Å². The summed E-state index contributed by atoms with van der Waals surface area (Å²) >= 11 is 0. The van der Waals surface area contributed by atoms with Gasteiger partial charge in [-0.1, -0.05) is 25.1 Å². The van der Waals surface area contributed by atoms with Crippen LogP contribution in [0.3, 0.4) is 0 Å². The number of nitrogens with zero attached hydrogens (tertiary/aromatic N) is 2. The number of nitrogens with one attached hydrogen (secondary N) is 1. The first-order chi connectivity index (χ1) is 9.74. The van der Waals surface area contributed by atoms with Crippen LogP contribution in [0.2, 0.25) is 0 Å². The van der Waals surface area contributed by atoms with E-state index in [0.29, 0.717) is 13.1 Å². The average Bonchev–Trinajstić information content (AvgIpc) is 2.95. The highest BCUT2D eigenvalue weighted by atomic mass is 16.1. The summed E-state index contributed by atoms with van der Waals surface area (Å²) in [5, 5.41) is 7.15. The van der Waals surface area contributed by atoms with E-state index >= 15 is 0 Å². The van der Waals surface area contributed by atoms with Crippen LogP contribution >= 0.6 is 0 Å². The van der Waals surface area contributed by atoms with Crippen LogP contribution in [0.4, 0.5) is 5.69 Å². The molecule has 2 aromatic rings. The predicted octanol–water partition coefficient (Wildman–Crippen LogP) is 1.85. The second kappa shape index (κ2) is 6.86. The van der Waals surface area contributed by atoms with Crippen molar-refractivity contribution in [1.82, 2.24) is 9.78 Å². The first-order valence-corrected chi connectivity index (χ1v) is 6.80. The van der Waals surface area contributed by atoms with Crippen LogP contribution in [0.25, 0.3) is 0 Å². The number of carbonyl (C=O) groups excluding carboxylic acids is 1. The van der Waals surface area contributed by atoms with Crippen molar-refractivity contribution in [3.05, 3.63) is 48.3 Å². The highest BCUT2D eigenvalue weighted by Gasteiger charge is 2.15. The Labute approximate surface area is 118 Å². The lowest BCUT2D eigenvalue weighted by Crippen LogP contribution is -2.29. The predicted molar refractivity (Wildman–Crippen MR) is 79.2 cm³/mol. The van der Waals surface area contributed by atoms with Gasteiger partial charge in [0, 0.05) is 24.6 Å². The Morgan fingerprint density at radius 1 is 1.40 bits per heavy atom. The van der Waals surface area contributed by atoms with Crippen molar-refractivity contribution < 1.29 is 4.79 Å². The molecule has 1 aromatic heterocycles. The van der Waals surface area contributed by atoms with E-state index in [4.69, 9.17) is 5.73 Å². The lowest BCUT2D eigenvalue weighted by molar-refractivity contribution is -0.119. The van der Waals surface area contributed by atoms with Gasteiger partial charge in [-0.05, 0) is 24.1 Å². The second-order valence-corrected chi connectivity index (χ2v) is 4.69. The van der Waals surface area contributed by atoms with Gasteiger partial charge >= 0.3 is 0 Å². The van der Waals surface area contributed by atoms with Crippen molar-refractivity contribution in [2.75, 3.05) is 11.9 Å². The Morgan fingerprint density at radius 2 is 2.20 bits per heavy atom. The van der Waals surface area contributed by atoms with Crippen LogP contribution in [0, 0.1) is 5.92 Å². The van der Waals surface area contributed by atoms with Crippen LogP contribution in [-0.4, -0.2) is 22.2 Å². The summed E-state index contributed by atoms with van der Waals surface area (Å²) in [7, 11) is 0. The molecule has 0 aliphatic carbocycles. The molecule has 0 radical (unpaired) electrons. The Bertz CT molecular complexity index is 547. The molecule has 1 amide bonds. The summed E-state index contributed by atoms with van der Waals surface area (Å²) in [5.74, 6) is -0.171. The second-order valence-electron chi connectivity index (χ2n) is 4.69. The number of para-hydroxylation sites is 1. The summed E-state index contributed by atoms with van der Waals surface area (Å²) in [6, 6.07) is 9.63. The standard InChI is InChI=1S/C15H20N4O/c1-2-12(10-16)15(20)18-14-7-4-3-6-13(14)11-19-9-5-8-17-19/h3-9,12H,2,10-11,16H2,1H3,(H,18,20). The number of rotatable bonds is 6. The maximum Gasteiger partial charge on any atom is 0.228 e. The van der Waals surface area contributed by atoms with Gasteiger partial charge < -0.3 is 11.1 Å². The van der Waals surface area contributed by atoms with E-state index in [2.05, 4.69) is 10.4 Å². The molecule has 0 aliphatic rings. The molecule has 5 nitrogen and oxygen atoms in total. The molecule has 1 heterocycles. The van der Waals surface area contributed by atoms with Gasteiger partial charge in [0.25, 0.3) is 0 Å². The number of benzene rings is 1. The minimum atomic E-state index is -0.146. The van der Waals surface area contributed by atoms with Gasteiger partial charge in [-0.25, -0.2) is 0 Å². The number of anilines is 1. The highest BCUT2D eigenvalue weighted by Crippen LogP contribution is 2.17. The maximum absolute atomic E-state index is 12.1. The van der Waals surface area contributed by atoms with Crippen molar-refractivity contribution in [2.45, 2.75) is 19.9 Å². The smallest absolute Gasteiger partial charge is 0.228 e. The minimum absolute atomic E-state index is 0.0251. The number of amides is 1. The van der Waals surface area contributed by atoms with E-state index in [1.165, 1.54) is 0 Å². The van der Waals surface area contributed by atoms with Crippen LogP contribution < -0.4 is 11.1 Å². The molecule has 20 heavy (non-hydrogen) atoms. The summed E-state index contributed by atoms with van der Waals surface area (Å²) in [6.45, 7) is 2.96. The lowest BCUT2D eigenvalue weighted by atomic mass is 10.1. The summed E-state index contributed by atoms with van der Waals surface area (Å²) < 4.78 is 1.82. The molecule has 2 rings (SSSR count). The van der Waals surface area contributed by atoms with Crippen LogP contribution in [0.5, 0.6) is 0 Å². The van der Waals surface area contributed by atoms with E-state index < -0.39 is 0 Å². The van der Waals surface area contributed by atoms with Crippen molar-refractivity contribution in [1.29, 1.82) is 0 Å². The third kappa shape index (κ3) is 3.45. The first kappa shape index (κ1) is 14.3. The van der Waals surface area contributed by atoms with Gasteiger partial charge in [0.2, 0.25) is 5.91 Å².